The van der Waals surface area contributed by atoms with Crippen LogP contribution >= 0.6 is 11.6 Å². The number of alkyl halides is 3. The van der Waals surface area contributed by atoms with Crippen molar-refractivity contribution in [3.8, 4) is 0 Å². The van der Waals surface area contributed by atoms with Crippen molar-refractivity contribution in [3.63, 3.8) is 0 Å². The van der Waals surface area contributed by atoms with Crippen LogP contribution in [0.25, 0.3) is 0 Å². The summed E-state index contributed by atoms with van der Waals surface area (Å²) in [7, 11) is -4.24. The molecule has 2 heterocycles. The van der Waals surface area contributed by atoms with E-state index in [1.54, 1.807) is 13.8 Å². The van der Waals surface area contributed by atoms with E-state index in [-0.39, 0.29) is 43.5 Å². The fourth-order valence-corrected chi connectivity index (χ4v) is 5.37. The molecule has 31 heavy (non-hydrogen) atoms. The smallest absolute Gasteiger partial charge is 0.361 e. The highest BCUT2D eigenvalue weighted by molar-refractivity contribution is 7.89. The Morgan fingerprint density at radius 1 is 1.19 bits per heavy atom. The van der Waals surface area contributed by atoms with Crippen LogP contribution in [0.2, 0.25) is 5.02 Å². The third-order valence-electron chi connectivity index (χ3n) is 5.24. The van der Waals surface area contributed by atoms with Crippen LogP contribution < -0.4 is 0 Å². The number of carbonyl (C=O) groups excluding carboxylic acids is 1. The number of piperazine rings is 1. The number of aryl methyl sites for hydroxylation is 2. The minimum absolute atomic E-state index is 0.0357. The van der Waals surface area contributed by atoms with Crippen molar-refractivity contribution in [2.45, 2.75) is 37.8 Å². The van der Waals surface area contributed by atoms with E-state index in [4.69, 9.17) is 16.1 Å². The average Bonchev–Trinajstić information content (AvgIpc) is 3.03. The van der Waals surface area contributed by atoms with Gasteiger partial charge in [0.2, 0.25) is 15.9 Å². The largest absolute Gasteiger partial charge is 0.416 e. The molecule has 0 spiro atoms. The summed E-state index contributed by atoms with van der Waals surface area (Å²) in [5.41, 5.74) is 0.497. The number of nitrogens with zero attached hydrogens (tertiary/aromatic N) is 3. The Morgan fingerprint density at radius 2 is 1.84 bits per heavy atom. The van der Waals surface area contributed by atoms with E-state index in [9.17, 15) is 26.4 Å². The number of halogens is 4. The van der Waals surface area contributed by atoms with Gasteiger partial charge in [-0.2, -0.15) is 17.5 Å². The second-order valence-corrected chi connectivity index (χ2v) is 9.54. The van der Waals surface area contributed by atoms with Crippen LogP contribution in [0.4, 0.5) is 13.2 Å². The molecule has 1 saturated heterocycles. The lowest BCUT2D eigenvalue weighted by Gasteiger charge is -2.34. The van der Waals surface area contributed by atoms with Crippen LogP contribution in [0.3, 0.4) is 0 Å². The molecule has 1 amide bonds. The Balaban J connectivity index is 1.65. The summed E-state index contributed by atoms with van der Waals surface area (Å²) in [6.07, 6.45) is -4.02. The quantitative estimate of drug-likeness (QED) is 0.656. The zero-order chi connectivity index (χ0) is 23.0. The zero-order valence-electron chi connectivity index (χ0n) is 16.9. The lowest BCUT2D eigenvalue weighted by atomic mass is 10.1. The first-order valence-electron chi connectivity index (χ1n) is 9.47. The van der Waals surface area contributed by atoms with Crippen molar-refractivity contribution < 1.29 is 30.9 Å². The Hall–Kier alpha value is -2.11. The van der Waals surface area contributed by atoms with Gasteiger partial charge in [-0.15, -0.1) is 0 Å². The van der Waals surface area contributed by atoms with E-state index >= 15 is 0 Å². The van der Waals surface area contributed by atoms with Crippen LogP contribution in [0, 0.1) is 13.8 Å². The number of hydrogen-bond acceptors (Lipinski definition) is 5. The maximum Gasteiger partial charge on any atom is 0.416 e. The number of carbonyl (C=O) groups is 1. The minimum Gasteiger partial charge on any atom is -0.361 e. The van der Waals surface area contributed by atoms with Gasteiger partial charge < -0.3 is 9.42 Å². The number of hydrogen-bond donors (Lipinski definition) is 0. The highest BCUT2D eigenvalue weighted by atomic mass is 35.5. The van der Waals surface area contributed by atoms with Crippen LogP contribution in [-0.2, 0) is 27.4 Å². The standard InChI is InChI=1S/C19H21ClF3N3O4S/c1-12-15(13(2)30-24-12)4-6-18(27)25-7-9-26(10-8-25)31(28,29)17-11-14(19(21,22)23)3-5-16(17)20/h3,5,11H,4,6-10H2,1-2H3. The minimum atomic E-state index is -4.69. The van der Waals surface area contributed by atoms with Crippen LogP contribution in [0.5, 0.6) is 0 Å². The highest BCUT2D eigenvalue weighted by Crippen LogP contribution is 2.34. The summed E-state index contributed by atoms with van der Waals surface area (Å²) in [5.74, 6) is 0.508. The molecule has 12 heteroatoms. The number of rotatable bonds is 5. The van der Waals surface area contributed by atoms with Gasteiger partial charge in [-0.1, -0.05) is 16.8 Å². The third-order valence-corrected chi connectivity index (χ3v) is 7.62. The Bertz CT molecular complexity index is 1060. The molecular formula is C19H21ClF3N3O4S. The molecule has 0 atom stereocenters. The lowest BCUT2D eigenvalue weighted by Crippen LogP contribution is -2.50. The summed E-state index contributed by atoms with van der Waals surface area (Å²) in [6, 6.07) is 2.20. The van der Waals surface area contributed by atoms with Crippen LogP contribution in [0.1, 0.15) is 29.0 Å². The molecule has 3 rings (SSSR count). The molecule has 1 aromatic heterocycles. The molecule has 1 aromatic carbocycles. The molecule has 1 aliphatic heterocycles. The third kappa shape index (κ3) is 5.04. The van der Waals surface area contributed by atoms with Crippen molar-refractivity contribution in [1.82, 2.24) is 14.4 Å². The van der Waals surface area contributed by atoms with Crippen LogP contribution in [-0.4, -0.2) is 54.9 Å². The van der Waals surface area contributed by atoms with Gasteiger partial charge >= 0.3 is 6.18 Å². The van der Waals surface area contributed by atoms with Gasteiger partial charge in [0.1, 0.15) is 10.7 Å². The SMILES string of the molecule is Cc1noc(C)c1CCC(=O)N1CCN(S(=O)(=O)c2cc(C(F)(F)F)ccc2Cl)CC1. The van der Waals surface area contributed by atoms with Crippen LogP contribution in [0.15, 0.2) is 27.6 Å². The number of benzene rings is 1. The van der Waals surface area contributed by atoms with Gasteiger partial charge in [0.25, 0.3) is 0 Å². The molecule has 1 aliphatic rings. The summed E-state index contributed by atoms with van der Waals surface area (Å²) in [5, 5.41) is 3.56. The van der Waals surface area contributed by atoms with Gasteiger partial charge in [-0.3, -0.25) is 4.79 Å². The van der Waals surface area contributed by atoms with Gasteiger partial charge in [0.05, 0.1) is 16.3 Å². The van der Waals surface area contributed by atoms with Crippen molar-refractivity contribution in [1.29, 1.82) is 0 Å². The molecule has 0 saturated carbocycles. The summed E-state index contributed by atoms with van der Waals surface area (Å²) in [4.78, 5) is 13.5. The summed E-state index contributed by atoms with van der Waals surface area (Å²) < 4.78 is 70.8. The second-order valence-electron chi connectivity index (χ2n) is 7.23. The molecule has 170 valence electrons. The molecule has 1 fully saturated rings. The van der Waals surface area contributed by atoms with E-state index in [0.717, 1.165) is 27.7 Å². The number of aromatic nitrogens is 1. The zero-order valence-corrected chi connectivity index (χ0v) is 18.4. The fraction of sp³-hybridized carbons (Fsp3) is 0.474. The molecule has 0 bridgehead atoms. The monoisotopic (exact) mass is 479 g/mol. The molecule has 2 aromatic rings. The first-order chi connectivity index (χ1) is 14.4. The maximum atomic E-state index is 13.0. The van der Waals surface area contributed by atoms with Crippen molar-refractivity contribution in [2.75, 3.05) is 26.2 Å². The summed E-state index contributed by atoms with van der Waals surface area (Å²) >= 11 is 5.89. The first-order valence-corrected chi connectivity index (χ1v) is 11.3. The summed E-state index contributed by atoms with van der Waals surface area (Å²) in [6.45, 7) is 3.76. The molecule has 0 radical (unpaired) electrons. The van der Waals surface area contributed by atoms with Crippen molar-refractivity contribution in [3.05, 3.63) is 45.8 Å². The molecule has 0 N–H and O–H groups in total. The topological polar surface area (TPSA) is 83.7 Å². The molecule has 7 nitrogen and oxygen atoms in total. The highest BCUT2D eigenvalue weighted by Gasteiger charge is 2.35. The van der Waals surface area contributed by atoms with Gasteiger partial charge in [0.15, 0.2) is 0 Å². The van der Waals surface area contributed by atoms with Gasteiger partial charge in [0, 0.05) is 38.2 Å². The van der Waals surface area contributed by atoms with E-state index in [1.807, 2.05) is 0 Å². The Labute approximate surface area is 182 Å². The number of sulfonamides is 1. The molecule has 0 unspecified atom stereocenters. The number of amides is 1. The predicted molar refractivity (Wildman–Crippen MR) is 106 cm³/mol. The van der Waals surface area contributed by atoms with Crippen molar-refractivity contribution >= 4 is 27.5 Å². The van der Waals surface area contributed by atoms with E-state index in [0.29, 0.717) is 18.2 Å². The molecule has 0 aliphatic carbocycles. The Morgan fingerprint density at radius 3 is 2.39 bits per heavy atom. The van der Waals surface area contributed by atoms with E-state index < -0.39 is 26.7 Å². The van der Waals surface area contributed by atoms with E-state index in [1.165, 1.54) is 4.90 Å². The van der Waals surface area contributed by atoms with Crippen molar-refractivity contribution in [2.24, 2.45) is 0 Å². The fourth-order valence-electron chi connectivity index (χ4n) is 3.44. The normalized spacial score (nSPS) is 16.0. The second kappa shape index (κ2) is 8.79. The van der Waals surface area contributed by atoms with Gasteiger partial charge in [-0.25, -0.2) is 8.42 Å². The predicted octanol–water partition coefficient (Wildman–Crippen LogP) is 3.43. The maximum absolute atomic E-state index is 13.0. The molecular weight excluding hydrogens is 459 g/mol. The van der Waals surface area contributed by atoms with E-state index in [2.05, 4.69) is 5.16 Å². The first kappa shape index (κ1) is 23.6. The Kier molecular flexibility index (Phi) is 6.68. The average molecular weight is 480 g/mol. The lowest BCUT2D eigenvalue weighted by molar-refractivity contribution is -0.137. The van der Waals surface area contributed by atoms with Gasteiger partial charge in [-0.05, 0) is 38.5 Å².